The highest BCUT2D eigenvalue weighted by Crippen LogP contribution is 2.33. The zero-order chi connectivity index (χ0) is 20.3. The van der Waals surface area contributed by atoms with E-state index in [9.17, 15) is 9.59 Å². The molecule has 1 aliphatic heterocycles. The van der Waals surface area contributed by atoms with E-state index in [2.05, 4.69) is 10.3 Å². The highest BCUT2D eigenvalue weighted by atomic mass is 16.5. The highest BCUT2D eigenvalue weighted by Gasteiger charge is 2.24. The lowest BCUT2D eigenvalue weighted by atomic mass is 9.98. The number of amides is 2. The maximum atomic E-state index is 13.0. The second-order valence-corrected chi connectivity index (χ2v) is 7.01. The maximum absolute atomic E-state index is 13.0. The summed E-state index contributed by atoms with van der Waals surface area (Å²) in [4.78, 5) is 31.0. The van der Waals surface area contributed by atoms with E-state index in [0.717, 1.165) is 17.5 Å². The molecule has 28 heavy (non-hydrogen) atoms. The van der Waals surface area contributed by atoms with E-state index >= 15 is 0 Å². The molecule has 2 heterocycles. The molecule has 0 atom stereocenters. The molecule has 1 aromatic carbocycles. The Balaban J connectivity index is 1.80. The molecule has 1 aliphatic rings. The van der Waals surface area contributed by atoms with Crippen LogP contribution in [0.1, 0.15) is 45.8 Å². The lowest BCUT2D eigenvalue weighted by Gasteiger charge is -2.29. The van der Waals surface area contributed by atoms with E-state index in [1.807, 2.05) is 26.0 Å². The molecule has 1 N–H and O–H groups in total. The fraction of sp³-hybridized carbons (Fsp3) is 0.381. The van der Waals surface area contributed by atoms with E-state index < -0.39 is 0 Å². The van der Waals surface area contributed by atoms with Gasteiger partial charge in [0.15, 0.2) is 11.5 Å². The zero-order valence-corrected chi connectivity index (χ0v) is 16.6. The van der Waals surface area contributed by atoms with Gasteiger partial charge in [0, 0.05) is 30.9 Å². The third-order valence-corrected chi connectivity index (χ3v) is 4.66. The van der Waals surface area contributed by atoms with Crippen LogP contribution in [0.2, 0.25) is 0 Å². The number of ether oxygens (including phenoxy) is 2. The molecule has 7 nitrogen and oxygen atoms in total. The molecular weight excluding hydrogens is 358 g/mol. The molecule has 148 valence electrons. The fourth-order valence-corrected chi connectivity index (χ4v) is 3.26. The van der Waals surface area contributed by atoms with Crippen LogP contribution in [-0.2, 0) is 13.0 Å². The summed E-state index contributed by atoms with van der Waals surface area (Å²) >= 11 is 0. The van der Waals surface area contributed by atoms with Crippen LogP contribution in [0.3, 0.4) is 0 Å². The third-order valence-electron chi connectivity index (χ3n) is 4.66. The van der Waals surface area contributed by atoms with Gasteiger partial charge < -0.3 is 19.7 Å². The standard InChI is InChI=1S/C21H25N3O4/c1-13(2)23-20(25)17-9-15(5-7-22-17)21(26)24-8-6-14-10-18(27-3)19(28-4)11-16(14)12-24/h5,7,9-11,13H,6,8,12H2,1-4H3,(H,23,25). The van der Waals surface area contributed by atoms with Crippen LogP contribution in [0.15, 0.2) is 30.5 Å². The Bertz CT molecular complexity index is 895. The quantitative estimate of drug-likeness (QED) is 0.858. The summed E-state index contributed by atoms with van der Waals surface area (Å²) < 4.78 is 10.7. The number of carbonyl (C=O) groups excluding carboxylic acids is 2. The van der Waals surface area contributed by atoms with Gasteiger partial charge in [0.1, 0.15) is 5.69 Å². The molecule has 0 unspecified atom stereocenters. The second-order valence-electron chi connectivity index (χ2n) is 7.01. The monoisotopic (exact) mass is 383 g/mol. The Labute approximate surface area is 164 Å². The fourth-order valence-electron chi connectivity index (χ4n) is 3.26. The average Bonchev–Trinajstić information content (AvgIpc) is 2.71. The first-order chi connectivity index (χ1) is 13.4. The molecule has 0 bridgehead atoms. The van der Waals surface area contributed by atoms with Gasteiger partial charge in [-0.05, 0) is 55.7 Å². The molecule has 7 heteroatoms. The first-order valence-electron chi connectivity index (χ1n) is 9.23. The minimum Gasteiger partial charge on any atom is -0.493 e. The zero-order valence-electron chi connectivity index (χ0n) is 16.6. The van der Waals surface area contributed by atoms with E-state index in [1.165, 1.54) is 6.20 Å². The van der Waals surface area contributed by atoms with Gasteiger partial charge in [0.25, 0.3) is 11.8 Å². The van der Waals surface area contributed by atoms with Crippen molar-refractivity contribution in [3.05, 3.63) is 52.8 Å². The number of carbonyl (C=O) groups is 2. The van der Waals surface area contributed by atoms with Crippen LogP contribution >= 0.6 is 0 Å². The molecule has 2 amide bonds. The summed E-state index contributed by atoms with van der Waals surface area (Å²) in [7, 11) is 3.20. The minimum atomic E-state index is -0.287. The van der Waals surface area contributed by atoms with Gasteiger partial charge in [-0.25, -0.2) is 0 Å². The molecule has 0 fully saturated rings. The van der Waals surface area contributed by atoms with Crippen molar-refractivity contribution in [2.75, 3.05) is 20.8 Å². The van der Waals surface area contributed by atoms with Crippen molar-refractivity contribution in [1.82, 2.24) is 15.2 Å². The van der Waals surface area contributed by atoms with Crippen LogP contribution in [0.4, 0.5) is 0 Å². The van der Waals surface area contributed by atoms with E-state index in [0.29, 0.717) is 30.2 Å². The number of aromatic nitrogens is 1. The second kappa shape index (κ2) is 8.29. The van der Waals surface area contributed by atoms with Gasteiger partial charge in [0.05, 0.1) is 14.2 Å². The molecule has 0 aliphatic carbocycles. The number of hydrogen-bond acceptors (Lipinski definition) is 5. The van der Waals surface area contributed by atoms with Gasteiger partial charge >= 0.3 is 0 Å². The van der Waals surface area contributed by atoms with Crippen LogP contribution in [0, 0.1) is 0 Å². The lowest BCUT2D eigenvalue weighted by Crippen LogP contribution is -2.36. The summed E-state index contributed by atoms with van der Waals surface area (Å²) in [6, 6.07) is 7.07. The number of methoxy groups -OCH3 is 2. The molecule has 2 aromatic rings. The number of hydrogen-bond donors (Lipinski definition) is 1. The van der Waals surface area contributed by atoms with Crippen molar-refractivity contribution in [2.45, 2.75) is 32.9 Å². The van der Waals surface area contributed by atoms with E-state index in [-0.39, 0.29) is 23.6 Å². The van der Waals surface area contributed by atoms with Gasteiger partial charge in [-0.2, -0.15) is 0 Å². The summed E-state index contributed by atoms with van der Waals surface area (Å²) in [5.74, 6) is 0.926. The topological polar surface area (TPSA) is 80.8 Å². The molecule has 1 aromatic heterocycles. The highest BCUT2D eigenvalue weighted by molar-refractivity contribution is 5.98. The summed E-state index contributed by atoms with van der Waals surface area (Å²) in [5, 5.41) is 2.79. The number of pyridine rings is 1. The SMILES string of the molecule is COc1cc2c(cc1OC)CN(C(=O)c1ccnc(C(=O)NC(C)C)c1)CC2. The predicted octanol–water partition coefficient (Wildman–Crippen LogP) is 2.44. The number of nitrogens with zero attached hydrogens (tertiary/aromatic N) is 2. The van der Waals surface area contributed by atoms with Crippen LogP contribution in [-0.4, -0.2) is 48.5 Å². The van der Waals surface area contributed by atoms with Gasteiger partial charge in [-0.1, -0.05) is 0 Å². The Morgan fingerprint density at radius 3 is 2.43 bits per heavy atom. The third kappa shape index (κ3) is 4.08. The number of benzene rings is 1. The van der Waals surface area contributed by atoms with Gasteiger partial charge in [0.2, 0.25) is 0 Å². The molecule has 0 radical (unpaired) electrons. The summed E-state index contributed by atoms with van der Waals surface area (Å²) in [6.07, 6.45) is 2.22. The maximum Gasteiger partial charge on any atom is 0.270 e. The predicted molar refractivity (Wildman–Crippen MR) is 105 cm³/mol. The number of nitrogens with one attached hydrogen (secondary N) is 1. The van der Waals surface area contributed by atoms with Crippen molar-refractivity contribution in [3.63, 3.8) is 0 Å². The largest absolute Gasteiger partial charge is 0.493 e. The van der Waals surface area contributed by atoms with Crippen LogP contribution < -0.4 is 14.8 Å². The summed E-state index contributed by atoms with van der Waals surface area (Å²) in [5.41, 5.74) is 2.87. The molecule has 0 saturated carbocycles. The molecule has 0 spiro atoms. The first-order valence-corrected chi connectivity index (χ1v) is 9.23. The first kappa shape index (κ1) is 19.7. The Morgan fingerprint density at radius 2 is 1.79 bits per heavy atom. The normalized spacial score (nSPS) is 13.1. The van der Waals surface area contributed by atoms with Crippen molar-refractivity contribution in [3.8, 4) is 11.5 Å². The van der Waals surface area contributed by atoms with Gasteiger partial charge in [-0.15, -0.1) is 0 Å². The van der Waals surface area contributed by atoms with Crippen molar-refractivity contribution in [2.24, 2.45) is 0 Å². The van der Waals surface area contributed by atoms with Gasteiger partial charge in [-0.3, -0.25) is 14.6 Å². The van der Waals surface area contributed by atoms with Crippen LogP contribution in [0.25, 0.3) is 0 Å². The van der Waals surface area contributed by atoms with E-state index in [4.69, 9.17) is 9.47 Å². The lowest BCUT2D eigenvalue weighted by molar-refractivity contribution is 0.0734. The van der Waals surface area contributed by atoms with Crippen molar-refractivity contribution < 1.29 is 19.1 Å². The van der Waals surface area contributed by atoms with E-state index in [1.54, 1.807) is 31.3 Å². The van der Waals surface area contributed by atoms with Crippen molar-refractivity contribution >= 4 is 11.8 Å². The molecule has 0 saturated heterocycles. The minimum absolute atomic E-state index is 0.000717. The Hall–Kier alpha value is -3.09. The Kier molecular flexibility index (Phi) is 5.82. The number of rotatable bonds is 5. The van der Waals surface area contributed by atoms with Crippen LogP contribution in [0.5, 0.6) is 11.5 Å². The van der Waals surface area contributed by atoms with Crippen molar-refractivity contribution in [1.29, 1.82) is 0 Å². The Morgan fingerprint density at radius 1 is 1.11 bits per heavy atom. The smallest absolute Gasteiger partial charge is 0.270 e. The molecule has 3 rings (SSSR count). The molecular formula is C21H25N3O4. The average molecular weight is 383 g/mol. The number of fused-ring (bicyclic) bond motifs is 1. The summed E-state index contributed by atoms with van der Waals surface area (Å²) in [6.45, 7) is 4.82.